The number of rotatable bonds is 8. The van der Waals surface area contributed by atoms with Gasteiger partial charge >= 0.3 is 11.9 Å². The van der Waals surface area contributed by atoms with Gasteiger partial charge in [-0.1, -0.05) is 25.1 Å². The van der Waals surface area contributed by atoms with Crippen LogP contribution < -0.4 is 14.8 Å². The Hall–Kier alpha value is -2.54. The van der Waals surface area contributed by atoms with Gasteiger partial charge in [0.2, 0.25) is 0 Å². The maximum absolute atomic E-state index is 9.10. The number of ether oxygens (including phenoxy) is 2. The van der Waals surface area contributed by atoms with E-state index in [1.807, 2.05) is 37.3 Å². The quantitative estimate of drug-likeness (QED) is 0.487. The van der Waals surface area contributed by atoms with Gasteiger partial charge in [0.05, 0.1) is 7.11 Å². The summed E-state index contributed by atoms with van der Waals surface area (Å²) in [6.07, 6.45) is 5.17. The van der Waals surface area contributed by atoms with Crippen molar-refractivity contribution in [1.82, 2.24) is 5.32 Å². The molecule has 7 heteroatoms. The third-order valence-corrected chi connectivity index (χ3v) is 3.19. The van der Waals surface area contributed by atoms with Crippen LogP contribution in [0.4, 0.5) is 0 Å². The van der Waals surface area contributed by atoms with E-state index in [0.29, 0.717) is 12.6 Å². The lowest BCUT2D eigenvalue weighted by Gasteiger charge is -2.14. The van der Waals surface area contributed by atoms with E-state index in [2.05, 4.69) is 19.2 Å². The molecule has 1 aromatic carbocycles. The van der Waals surface area contributed by atoms with E-state index in [1.54, 1.807) is 7.11 Å². The number of carboxylic acids is 2. The molecular weight excluding hydrogens is 326 g/mol. The highest BCUT2D eigenvalue weighted by molar-refractivity contribution is 6.27. The van der Waals surface area contributed by atoms with Crippen molar-refractivity contribution >= 4 is 18.0 Å². The van der Waals surface area contributed by atoms with Crippen molar-refractivity contribution in [2.45, 2.75) is 33.2 Å². The Labute approximate surface area is 148 Å². The molecule has 0 heterocycles. The molecule has 0 saturated heterocycles. The number of hydrogen-bond acceptors (Lipinski definition) is 5. The Bertz CT molecular complexity index is 559. The lowest BCUT2D eigenvalue weighted by molar-refractivity contribution is -0.159. The molecule has 0 saturated carbocycles. The smallest absolute Gasteiger partial charge is 0.414 e. The molecule has 0 aliphatic heterocycles. The maximum atomic E-state index is 9.10. The van der Waals surface area contributed by atoms with Gasteiger partial charge in [-0.3, -0.25) is 0 Å². The van der Waals surface area contributed by atoms with E-state index in [1.165, 1.54) is 0 Å². The molecule has 1 atom stereocenters. The summed E-state index contributed by atoms with van der Waals surface area (Å²) in [6.45, 7) is 7.82. The van der Waals surface area contributed by atoms with Crippen LogP contribution in [0.15, 0.2) is 24.3 Å². The molecule has 0 amide bonds. The molecule has 1 aromatic rings. The molecule has 0 radical (unpaired) electrons. The molecule has 0 bridgehead atoms. The molecule has 0 aromatic heterocycles. The van der Waals surface area contributed by atoms with Gasteiger partial charge in [-0.05, 0) is 38.0 Å². The molecule has 0 spiro atoms. The predicted molar refractivity (Wildman–Crippen MR) is 96.2 cm³/mol. The zero-order valence-corrected chi connectivity index (χ0v) is 15.1. The Morgan fingerprint density at radius 2 is 1.88 bits per heavy atom. The Balaban J connectivity index is 0.000000823. The number of aliphatic carboxylic acids is 2. The summed E-state index contributed by atoms with van der Waals surface area (Å²) in [7, 11) is 1.67. The van der Waals surface area contributed by atoms with Gasteiger partial charge in [-0.2, -0.15) is 0 Å². The average Bonchev–Trinajstić information content (AvgIpc) is 2.59. The van der Waals surface area contributed by atoms with Crippen LogP contribution in [0.1, 0.15) is 32.8 Å². The van der Waals surface area contributed by atoms with Crippen molar-refractivity contribution in [3.63, 3.8) is 0 Å². The van der Waals surface area contributed by atoms with Crippen LogP contribution in [0.25, 0.3) is 6.08 Å². The second-order valence-electron chi connectivity index (χ2n) is 5.13. The lowest BCUT2D eigenvalue weighted by Crippen LogP contribution is -2.29. The van der Waals surface area contributed by atoms with Crippen molar-refractivity contribution < 1.29 is 29.3 Å². The highest BCUT2D eigenvalue weighted by Crippen LogP contribution is 2.28. The van der Waals surface area contributed by atoms with Crippen molar-refractivity contribution in [3.05, 3.63) is 29.8 Å². The molecule has 25 heavy (non-hydrogen) atoms. The zero-order valence-electron chi connectivity index (χ0n) is 15.1. The molecule has 0 aliphatic carbocycles. The van der Waals surface area contributed by atoms with Crippen LogP contribution in [0.5, 0.6) is 11.5 Å². The second-order valence-corrected chi connectivity index (χ2v) is 5.13. The van der Waals surface area contributed by atoms with Crippen LogP contribution in [0.2, 0.25) is 0 Å². The van der Waals surface area contributed by atoms with Crippen LogP contribution in [-0.4, -0.2) is 48.5 Å². The topological polar surface area (TPSA) is 105 Å². The number of allylic oxidation sites excluding steroid dienone is 1. The highest BCUT2D eigenvalue weighted by Gasteiger charge is 2.05. The minimum atomic E-state index is -1.82. The predicted octanol–water partition coefficient (Wildman–Crippen LogP) is 2.65. The Morgan fingerprint density at radius 3 is 2.36 bits per heavy atom. The summed E-state index contributed by atoms with van der Waals surface area (Å²) in [5.41, 5.74) is 1.12. The van der Waals surface area contributed by atoms with Crippen LogP contribution >= 0.6 is 0 Å². The summed E-state index contributed by atoms with van der Waals surface area (Å²) in [6, 6.07) is 6.50. The molecule has 0 fully saturated rings. The first-order valence-electron chi connectivity index (χ1n) is 7.98. The van der Waals surface area contributed by atoms with Crippen LogP contribution in [-0.2, 0) is 9.59 Å². The number of carbonyl (C=O) groups is 2. The first-order chi connectivity index (χ1) is 11.8. The maximum Gasteiger partial charge on any atom is 0.414 e. The fourth-order valence-electron chi connectivity index (χ4n) is 1.71. The van der Waals surface area contributed by atoms with E-state index >= 15 is 0 Å². The summed E-state index contributed by atoms with van der Waals surface area (Å²) in [4.78, 5) is 18.2. The van der Waals surface area contributed by atoms with Crippen LogP contribution in [0, 0.1) is 0 Å². The SMILES string of the molecule is C/C=C/c1ccc(OCCNC(C)CC)c(OC)c1.O=C(O)C(=O)O. The van der Waals surface area contributed by atoms with E-state index in [4.69, 9.17) is 29.3 Å². The summed E-state index contributed by atoms with van der Waals surface area (Å²) < 4.78 is 11.1. The van der Waals surface area contributed by atoms with Crippen molar-refractivity contribution in [3.8, 4) is 11.5 Å². The van der Waals surface area contributed by atoms with E-state index in [-0.39, 0.29) is 0 Å². The Morgan fingerprint density at radius 1 is 1.24 bits per heavy atom. The fourth-order valence-corrected chi connectivity index (χ4v) is 1.71. The van der Waals surface area contributed by atoms with Gasteiger partial charge in [0.25, 0.3) is 0 Å². The van der Waals surface area contributed by atoms with Crippen molar-refractivity contribution in [2.75, 3.05) is 20.3 Å². The molecule has 3 N–H and O–H groups in total. The summed E-state index contributed by atoms with van der Waals surface area (Å²) in [5.74, 6) is -2.08. The zero-order chi connectivity index (χ0) is 19.2. The first-order valence-corrected chi connectivity index (χ1v) is 7.98. The molecule has 7 nitrogen and oxygen atoms in total. The Kier molecular flexibility index (Phi) is 11.5. The monoisotopic (exact) mass is 353 g/mol. The highest BCUT2D eigenvalue weighted by atomic mass is 16.5. The number of carboxylic acid groups (broad SMARTS) is 2. The van der Waals surface area contributed by atoms with E-state index < -0.39 is 11.9 Å². The molecule has 1 rings (SSSR count). The number of benzene rings is 1. The minimum Gasteiger partial charge on any atom is -0.493 e. The normalized spacial score (nSPS) is 11.4. The van der Waals surface area contributed by atoms with Gasteiger partial charge in [-0.15, -0.1) is 0 Å². The summed E-state index contributed by atoms with van der Waals surface area (Å²) >= 11 is 0. The van der Waals surface area contributed by atoms with Crippen LogP contribution in [0.3, 0.4) is 0 Å². The molecular formula is C18H27NO6. The summed E-state index contributed by atoms with van der Waals surface area (Å²) in [5, 5.41) is 18.2. The standard InChI is InChI=1S/C16H25NO2.C2H2O4/c1-5-7-14-8-9-15(16(12-14)18-4)19-11-10-17-13(3)6-2;3-1(4)2(5)6/h5,7-9,12-13,17H,6,10-11H2,1-4H3;(H,3,4)(H,5,6)/b7-5+;. The van der Waals surface area contributed by atoms with Gasteiger partial charge in [0, 0.05) is 12.6 Å². The third-order valence-electron chi connectivity index (χ3n) is 3.19. The lowest BCUT2D eigenvalue weighted by atomic mass is 10.2. The van der Waals surface area contributed by atoms with Crippen molar-refractivity contribution in [1.29, 1.82) is 0 Å². The molecule has 140 valence electrons. The van der Waals surface area contributed by atoms with Crippen molar-refractivity contribution in [2.24, 2.45) is 0 Å². The molecule has 1 unspecified atom stereocenters. The van der Waals surface area contributed by atoms with E-state index in [9.17, 15) is 0 Å². The number of methoxy groups -OCH3 is 1. The number of hydrogen-bond donors (Lipinski definition) is 3. The van der Waals surface area contributed by atoms with Gasteiger partial charge in [-0.25, -0.2) is 9.59 Å². The average molecular weight is 353 g/mol. The third kappa shape index (κ3) is 10.0. The largest absolute Gasteiger partial charge is 0.493 e. The van der Waals surface area contributed by atoms with Gasteiger partial charge < -0.3 is 25.0 Å². The second kappa shape index (κ2) is 12.8. The van der Waals surface area contributed by atoms with E-state index in [0.717, 1.165) is 30.0 Å². The fraction of sp³-hybridized carbons (Fsp3) is 0.444. The first kappa shape index (κ1) is 22.5. The van der Waals surface area contributed by atoms with Gasteiger partial charge in [0.1, 0.15) is 6.61 Å². The van der Waals surface area contributed by atoms with Gasteiger partial charge in [0.15, 0.2) is 11.5 Å². The number of nitrogens with one attached hydrogen (secondary N) is 1. The molecule has 0 aliphatic rings. The minimum absolute atomic E-state index is 0.530.